The Bertz CT molecular complexity index is 577. The van der Waals surface area contributed by atoms with E-state index >= 15 is 0 Å². The number of nitrogens with zero attached hydrogens (tertiary/aromatic N) is 2. The maximum absolute atomic E-state index is 5.48. The third-order valence-corrected chi connectivity index (χ3v) is 3.29. The fraction of sp³-hybridized carbons (Fsp3) is 0.286. The predicted molar refractivity (Wildman–Crippen MR) is 84.8 cm³/mol. The lowest BCUT2D eigenvalue weighted by molar-refractivity contribution is 0.340. The number of aromatic nitrogens is 2. The van der Waals surface area contributed by atoms with Crippen molar-refractivity contribution < 1.29 is 4.74 Å². The molecule has 20 heavy (non-hydrogen) atoms. The van der Waals surface area contributed by atoms with Gasteiger partial charge in [-0.15, -0.1) is 0 Å². The first-order valence-corrected chi connectivity index (χ1v) is 7.28. The highest BCUT2D eigenvalue weighted by Gasteiger charge is 2.08. The number of rotatable bonds is 6. The molecule has 0 atom stereocenters. The molecule has 106 valence electrons. The highest BCUT2D eigenvalue weighted by Crippen LogP contribution is 2.29. The van der Waals surface area contributed by atoms with Crippen molar-refractivity contribution >= 4 is 33.3 Å². The zero-order chi connectivity index (χ0) is 14.4. The number of halogens is 1. The summed E-state index contributed by atoms with van der Waals surface area (Å²) in [6.45, 7) is 5.43. The van der Waals surface area contributed by atoms with Gasteiger partial charge >= 0.3 is 0 Å². The maximum Gasteiger partial charge on any atom is 0.150 e. The summed E-state index contributed by atoms with van der Waals surface area (Å²) < 4.78 is 6.29. The molecular weight excluding hydrogens is 320 g/mol. The second-order valence-corrected chi connectivity index (χ2v) is 4.79. The lowest BCUT2D eigenvalue weighted by Gasteiger charge is -2.11. The molecule has 0 saturated heterocycles. The number of anilines is 3. The second-order valence-electron chi connectivity index (χ2n) is 4.00. The Labute approximate surface area is 126 Å². The van der Waals surface area contributed by atoms with Gasteiger partial charge < -0.3 is 15.4 Å². The first kappa shape index (κ1) is 14.6. The lowest BCUT2D eigenvalue weighted by atomic mass is 10.3. The minimum absolute atomic E-state index is 0.644. The van der Waals surface area contributed by atoms with Gasteiger partial charge in [-0.1, -0.05) is 6.07 Å². The third kappa shape index (κ3) is 3.60. The van der Waals surface area contributed by atoms with Gasteiger partial charge in [-0.3, -0.25) is 0 Å². The van der Waals surface area contributed by atoms with Crippen molar-refractivity contribution in [1.82, 2.24) is 9.97 Å². The SMILES string of the molecule is CCNc1ncnc(Nc2cccc(OCC)c2)c1Br. The van der Waals surface area contributed by atoms with E-state index in [0.717, 1.165) is 28.3 Å². The zero-order valence-electron chi connectivity index (χ0n) is 11.5. The first-order valence-electron chi connectivity index (χ1n) is 6.48. The quantitative estimate of drug-likeness (QED) is 0.839. The normalized spacial score (nSPS) is 10.2. The molecule has 1 aromatic carbocycles. The summed E-state index contributed by atoms with van der Waals surface area (Å²) in [5, 5.41) is 6.42. The Balaban J connectivity index is 2.21. The van der Waals surface area contributed by atoms with Crippen molar-refractivity contribution in [2.45, 2.75) is 13.8 Å². The van der Waals surface area contributed by atoms with Gasteiger partial charge in [0, 0.05) is 18.3 Å². The van der Waals surface area contributed by atoms with E-state index in [1.807, 2.05) is 38.1 Å². The molecule has 2 N–H and O–H groups in total. The summed E-state index contributed by atoms with van der Waals surface area (Å²) >= 11 is 3.51. The average molecular weight is 337 g/mol. The van der Waals surface area contributed by atoms with Crippen LogP contribution in [0.25, 0.3) is 0 Å². The highest BCUT2D eigenvalue weighted by atomic mass is 79.9. The van der Waals surface area contributed by atoms with Crippen LogP contribution in [0.4, 0.5) is 17.3 Å². The summed E-state index contributed by atoms with van der Waals surface area (Å²) in [7, 11) is 0. The predicted octanol–water partition coefficient (Wildman–Crippen LogP) is 3.81. The smallest absolute Gasteiger partial charge is 0.150 e. The van der Waals surface area contributed by atoms with Gasteiger partial charge in [0.25, 0.3) is 0 Å². The molecule has 0 amide bonds. The Morgan fingerprint density at radius 2 is 2.00 bits per heavy atom. The summed E-state index contributed by atoms with van der Waals surface area (Å²) in [6.07, 6.45) is 1.53. The molecule has 0 aliphatic carbocycles. The summed E-state index contributed by atoms with van der Waals surface area (Å²) in [5.41, 5.74) is 0.915. The van der Waals surface area contributed by atoms with Crippen LogP contribution in [-0.4, -0.2) is 23.1 Å². The molecule has 0 fully saturated rings. The van der Waals surface area contributed by atoms with Crippen LogP contribution in [0.3, 0.4) is 0 Å². The van der Waals surface area contributed by atoms with Crippen molar-refractivity contribution in [3.05, 3.63) is 35.1 Å². The topological polar surface area (TPSA) is 59.1 Å². The van der Waals surface area contributed by atoms with E-state index < -0.39 is 0 Å². The molecule has 0 aliphatic heterocycles. The number of nitrogens with one attached hydrogen (secondary N) is 2. The molecule has 5 nitrogen and oxygen atoms in total. The van der Waals surface area contributed by atoms with E-state index in [1.165, 1.54) is 6.33 Å². The van der Waals surface area contributed by atoms with E-state index in [0.29, 0.717) is 12.4 Å². The Hall–Kier alpha value is -1.82. The molecule has 2 rings (SSSR count). The van der Waals surface area contributed by atoms with Crippen molar-refractivity contribution in [2.75, 3.05) is 23.8 Å². The number of hydrogen-bond donors (Lipinski definition) is 2. The van der Waals surface area contributed by atoms with Gasteiger partial charge in [0.2, 0.25) is 0 Å². The van der Waals surface area contributed by atoms with Gasteiger partial charge in [0.05, 0.1) is 6.61 Å². The fourth-order valence-corrected chi connectivity index (χ4v) is 2.16. The van der Waals surface area contributed by atoms with Crippen LogP contribution in [0, 0.1) is 0 Å². The van der Waals surface area contributed by atoms with Crippen LogP contribution in [0.5, 0.6) is 5.75 Å². The van der Waals surface area contributed by atoms with Crippen LogP contribution in [0.15, 0.2) is 35.1 Å². The molecule has 6 heteroatoms. The molecule has 1 heterocycles. The van der Waals surface area contributed by atoms with Crippen LogP contribution >= 0.6 is 15.9 Å². The van der Waals surface area contributed by atoms with E-state index in [2.05, 4.69) is 36.5 Å². The molecule has 0 bridgehead atoms. The van der Waals surface area contributed by atoms with E-state index in [9.17, 15) is 0 Å². The van der Waals surface area contributed by atoms with Gasteiger partial charge in [0.15, 0.2) is 0 Å². The maximum atomic E-state index is 5.48. The number of benzene rings is 1. The van der Waals surface area contributed by atoms with Crippen LogP contribution < -0.4 is 15.4 Å². The monoisotopic (exact) mass is 336 g/mol. The average Bonchev–Trinajstić information content (AvgIpc) is 2.44. The summed E-state index contributed by atoms with van der Waals surface area (Å²) in [4.78, 5) is 8.43. The van der Waals surface area contributed by atoms with Crippen molar-refractivity contribution in [3.8, 4) is 5.75 Å². The Morgan fingerprint density at radius 3 is 2.75 bits per heavy atom. The third-order valence-electron chi connectivity index (χ3n) is 2.54. The van der Waals surface area contributed by atoms with E-state index in [4.69, 9.17) is 4.74 Å². The van der Waals surface area contributed by atoms with Gasteiger partial charge in [0.1, 0.15) is 28.2 Å². The summed E-state index contributed by atoms with van der Waals surface area (Å²) in [6, 6.07) is 7.76. The molecule has 1 aromatic heterocycles. The molecule has 0 aliphatic rings. The second kappa shape index (κ2) is 7.09. The first-order chi connectivity index (χ1) is 9.74. The molecule has 0 radical (unpaired) electrons. The van der Waals surface area contributed by atoms with Crippen molar-refractivity contribution in [2.24, 2.45) is 0 Å². The Kier molecular flexibility index (Phi) is 5.17. The number of hydrogen-bond acceptors (Lipinski definition) is 5. The van der Waals surface area contributed by atoms with Gasteiger partial charge in [-0.05, 0) is 41.9 Å². The van der Waals surface area contributed by atoms with Crippen LogP contribution in [-0.2, 0) is 0 Å². The lowest BCUT2D eigenvalue weighted by Crippen LogP contribution is -2.03. The fourth-order valence-electron chi connectivity index (χ4n) is 1.71. The van der Waals surface area contributed by atoms with E-state index in [1.54, 1.807) is 0 Å². The van der Waals surface area contributed by atoms with Gasteiger partial charge in [-0.25, -0.2) is 9.97 Å². The largest absolute Gasteiger partial charge is 0.494 e. The Morgan fingerprint density at radius 1 is 1.20 bits per heavy atom. The summed E-state index contributed by atoms with van der Waals surface area (Å²) in [5.74, 6) is 2.31. The van der Waals surface area contributed by atoms with Crippen LogP contribution in [0.2, 0.25) is 0 Å². The molecule has 0 spiro atoms. The minimum Gasteiger partial charge on any atom is -0.494 e. The standard InChI is InChI=1S/C14H17BrN4O/c1-3-16-13-12(15)14(18-9-17-13)19-10-6-5-7-11(8-10)20-4-2/h5-9H,3-4H2,1-2H3,(H2,16,17,18,19). The molecule has 0 unspecified atom stereocenters. The molecule has 2 aromatic rings. The molecular formula is C14H17BrN4O. The zero-order valence-corrected chi connectivity index (χ0v) is 13.1. The van der Waals surface area contributed by atoms with Crippen molar-refractivity contribution in [1.29, 1.82) is 0 Å². The molecule has 0 saturated carbocycles. The van der Waals surface area contributed by atoms with Crippen LogP contribution in [0.1, 0.15) is 13.8 Å². The number of ether oxygens (including phenoxy) is 1. The van der Waals surface area contributed by atoms with E-state index in [-0.39, 0.29) is 0 Å². The van der Waals surface area contributed by atoms with Crippen molar-refractivity contribution in [3.63, 3.8) is 0 Å². The highest BCUT2D eigenvalue weighted by molar-refractivity contribution is 9.10. The van der Waals surface area contributed by atoms with Gasteiger partial charge in [-0.2, -0.15) is 0 Å². The minimum atomic E-state index is 0.644.